The van der Waals surface area contributed by atoms with Gasteiger partial charge < -0.3 is 10.1 Å². The standard InChI is InChI=1S/C16H19NO3/c1-3-5-11-14(18)20-15(16(19)17-12-4-2)13-9-7-6-8-10-13/h3-4,6-10,15H,1-2,5,11-12H2,(H,17,19). The van der Waals surface area contributed by atoms with Crippen LogP contribution in [-0.4, -0.2) is 18.4 Å². The van der Waals surface area contributed by atoms with Crippen LogP contribution in [0.5, 0.6) is 0 Å². The maximum atomic E-state index is 12.1. The van der Waals surface area contributed by atoms with Crippen molar-refractivity contribution in [1.82, 2.24) is 5.32 Å². The number of ether oxygens (including phenoxy) is 1. The van der Waals surface area contributed by atoms with Crippen LogP contribution in [0.3, 0.4) is 0 Å². The van der Waals surface area contributed by atoms with Gasteiger partial charge in [-0.2, -0.15) is 0 Å². The van der Waals surface area contributed by atoms with E-state index in [-0.39, 0.29) is 12.3 Å². The summed E-state index contributed by atoms with van der Waals surface area (Å²) >= 11 is 0. The molecular formula is C16H19NO3. The second-order valence-electron chi connectivity index (χ2n) is 4.14. The van der Waals surface area contributed by atoms with E-state index in [9.17, 15) is 9.59 Å². The largest absolute Gasteiger partial charge is 0.447 e. The first kappa shape index (κ1) is 15.7. The number of carbonyl (C=O) groups excluding carboxylic acids is 2. The normalized spacial score (nSPS) is 11.2. The molecule has 1 aromatic rings. The Morgan fingerprint density at radius 3 is 2.50 bits per heavy atom. The minimum Gasteiger partial charge on any atom is -0.447 e. The highest BCUT2D eigenvalue weighted by Crippen LogP contribution is 2.18. The number of esters is 1. The average molecular weight is 273 g/mol. The van der Waals surface area contributed by atoms with Crippen LogP contribution in [0, 0.1) is 0 Å². The molecule has 0 bridgehead atoms. The molecule has 0 aliphatic rings. The van der Waals surface area contributed by atoms with Gasteiger partial charge in [0, 0.05) is 18.5 Å². The van der Waals surface area contributed by atoms with E-state index in [1.54, 1.807) is 36.4 Å². The molecular weight excluding hydrogens is 254 g/mol. The van der Waals surface area contributed by atoms with Crippen LogP contribution in [0.15, 0.2) is 55.6 Å². The minimum absolute atomic E-state index is 0.210. The Hall–Kier alpha value is -2.36. The number of rotatable bonds is 8. The van der Waals surface area contributed by atoms with Gasteiger partial charge in [0.1, 0.15) is 0 Å². The highest BCUT2D eigenvalue weighted by atomic mass is 16.5. The quantitative estimate of drug-likeness (QED) is 0.585. The van der Waals surface area contributed by atoms with Crippen LogP contribution in [0.1, 0.15) is 24.5 Å². The monoisotopic (exact) mass is 273 g/mol. The third kappa shape index (κ3) is 5.10. The van der Waals surface area contributed by atoms with Crippen LogP contribution >= 0.6 is 0 Å². The van der Waals surface area contributed by atoms with Gasteiger partial charge in [0.2, 0.25) is 6.10 Å². The van der Waals surface area contributed by atoms with E-state index in [4.69, 9.17) is 4.74 Å². The van der Waals surface area contributed by atoms with E-state index in [1.807, 2.05) is 6.07 Å². The van der Waals surface area contributed by atoms with Gasteiger partial charge in [0.15, 0.2) is 0 Å². The van der Waals surface area contributed by atoms with Crippen LogP contribution < -0.4 is 5.32 Å². The fourth-order valence-corrected chi connectivity index (χ4v) is 1.58. The van der Waals surface area contributed by atoms with Crippen molar-refractivity contribution >= 4 is 11.9 Å². The summed E-state index contributed by atoms with van der Waals surface area (Å²) in [7, 11) is 0. The SMILES string of the molecule is C=CCCC(=O)OC(C(=O)NCC=C)c1ccccc1. The molecule has 1 amide bonds. The molecule has 0 aliphatic heterocycles. The van der Waals surface area contributed by atoms with Crippen molar-refractivity contribution in [3.63, 3.8) is 0 Å². The van der Waals surface area contributed by atoms with Gasteiger partial charge in [0.25, 0.3) is 5.91 Å². The highest BCUT2D eigenvalue weighted by molar-refractivity contribution is 5.85. The summed E-state index contributed by atoms with van der Waals surface area (Å²) in [5.41, 5.74) is 0.640. The number of allylic oxidation sites excluding steroid dienone is 1. The summed E-state index contributed by atoms with van der Waals surface area (Å²) < 4.78 is 5.26. The fourth-order valence-electron chi connectivity index (χ4n) is 1.58. The number of benzene rings is 1. The molecule has 4 heteroatoms. The Labute approximate surface area is 119 Å². The van der Waals surface area contributed by atoms with Gasteiger partial charge in [0.05, 0.1) is 0 Å². The van der Waals surface area contributed by atoms with Crippen molar-refractivity contribution in [1.29, 1.82) is 0 Å². The molecule has 0 fully saturated rings. The van der Waals surface area contributed by atoms with Crippen LogP contribution in [-0.2, 0) is 14.3 Å². The number of nitrogens with one attached hydrogen (secondary N) is 1. The van der Waals surface area contributed by atoms with Gasteiger partial charge >= 0.3 is 5.97 Å². The molecule has 1 N–H and O–H groups in total. The third-order valence-corrected chi connectivity index (χ3v) is 2.56. The first-order valence-electron chi connectivity index (χ1n) is 6.43. The van der Waals surface area contributed by atoms with Crippen LogP contribution in [0.25, 0.3) is 0 Å². The van der Waals surface area contributed by atoms with Gasteiger partial charge in [-0.25, -0.2) is 0 Å². The smallest absolute Gasteiger partial charge is 0.307 e. The van der Waals surface area contributed by atoms with Crippen molar-refractivity contribution in [2.75, 3.05) is 6.54 Å². The first-order chi connectivity index (χ1) is 9.69. The molecule has 0 saturated carbocycles. The summed E-state index contributed by atoms with van der Waals surface area (Å²) in [5.74, 6) is -0.782. The van der Waals surface area contributed by atoms with E-state index in [2.05, 4.69) is 18.5 Å². The maximum absolute atomic E-state index is 12.1. The summed E-state index contributed by atoms with van der Waals surface area (Å²) in [6, 6.07) is 8.92. The van der Waals surface area contributed by atoms with Crippen LogP contribution in [0.4, 0.5) is 0 Å². The summed E-state index contributed by atoms with van der Waals surface area (Å²) in [6.07, 6.45) is 3.00. The van der Waals surface area contributed by atoms with E-state index in [0.29, 0.717) is 18.5 Å². The molecule has 1 atom stereocenters. The molecule has 20 heavy (non-hydrogen) atoms. The molecule has 106 valence electrons. The molecule has 0 aromatic heterocycles. The molecule has 0 heterocycles. The third-order valence-electron chi connectivity index (χ3n) is 2.56. The number of amides is 1. The minimum atomic E-state index is -0.937. The summed E-state index contributed by atoms with van der Waals surface area (Å²) in [5, 5.41) is 2.64. The molecule has 0 aliphatic carbocycles. The van der Waals surface area contributed by atoms with Crippen molar-refractivity contribution in [3.05, 3.63) is 61.2 Å². The summed E-state index contributed by atoms with van der Waals surface area (Å²) in [4.78, 5) is 23.7. The van der Waals surface area contributed by atoms with Gasteiger partial charge in [-0.3, -0.25) is 9.59 Å². The Kier molecular flexibility index (Phi) is 6.82. The van der Waals surface area contributed by atoms with Crippen LogP contribution in [0.2, 0.25) is 0 Å². The van der Waals surface area contributed by atoms with E-state index in [1.165, 1.54) is 0 Å². The molecule has 1 aromatic carbocycles. The Morgan fingerprint density at radius 2 is 1.90 bits per heavy atom. The van der Waals surface area contributed by atoms with E-state index in [0.717, 1.165) is 0 Å². The second kappa shape index (κ2) is 8.69. The van der Waals surface area contributed by atoms with E-state index < -0.39 is 12.1 Å². The van der Waals surface area contributed by atoms with Gasteiger partial charge in [-0.05, 0) is 6.42 Å². The maximum Gasteiger partial charge on any atom is 0.307 e. The molecule has 4 nitrogen and oxygen atoms in total. The number of hydrogen-bond acceptors (Lipinski definition) is 3. The van der Waals surface area contributed by atoms with Gasteiger partial charge in [-0.15, -0.1) is 13.2 Å². The summed E-state index contributed by atoms with van der Waals surface area (Å²) in [6.45, 7) is 7.41. The molecule has 0 radical (unpaired) electrons. The van der Waals surface area contributed by atoms with Crippen molar-refractivity contribution < 1.29 is 14.3 Å². The fraction of sp³-hybridized carbons (Fsp3) is 0.250. The lowest BCUT2D eigenvalue weighted by atomic mass is 10.1. The Balaban J connectivity index is 2.79. The predicted molar refractivity (Wildman–Crippen MR) is 77.9 cm³/mol. The Morgan fingerprint density at radius 1 is 1.20 bits per heavy atom. The highest BCUT2D eigenvalue weighted by Gasteiger charge is 2.23. The van der Waals surface area contributed by atoms with Crippen molar-refractivity contribution in [2.24, 2.45) is 0 Å². The second-order valence-corrected chi connectivity index (χ2v) is 4.14. The molecule has 0 spiro atoms. The number of carbonyl (C=O) groups is 2. The zero-order valence-electron chi connectivity index (χ0n) is 11.4. The predicted octanol–water partition coefficient (Wildman–Crippen LogP) is 2.54. The lowest BCUT2D eigenvalue weighted by molar-refractivity contribution is -0.156. The van der Waals surface area contributed by atoms with Gasteiger partial charge in [-0.1, -0.05) is 42.5 Å². The zero-order valence-corrected chi connectivity index (χ0v) is 11.4. The lowest BCUT2D eigenvalue weighted by Gasteiger charge is -2.17. The molecule has 0 saturated heterocycles. The number of hydrogen-bond donors (Lipinski definition) is 1. The van der Waals surface area contributed by atoms with Crippen molar-refractivity contribution in [2.45, 2.75) is 18.9 Å². The van der Waals surface area contributed by atoms with Crippen molar-refractivity contribution in [3.8, 4) is 0 Å². The topological polar surface area (TPSA) is 55.4 Å². The first-order valence-corrected chi connectivity index (χ1v) is 6.43. The average Bonchev–Trinajstić information content (AvgIpc) is 2.49. The lowest BCUT2D eigenvalue weighted by Crippen LogP contribution is -2.32. The molecule has 1 unspecified atom stereocenters. The Bertz CT molecular complexity index is 468. The van der Waals surface area contributed by atoms with E-state index >= 15 is 0 Å². The molecule has 1 rings (SSSR count). The zero-order chi connectivity index (χ0) is 14.8.